The molecule has 0 radical (unpaired) electrons. The van der Waals surface area contributed by atoms with Gasteiger partial charge in [0.2, 0.25) is 5.91 Å². The van der Waals surface area contributed by atoms with Gasteiger partial charge in [0.05, 0.1) is 16.5 Å². The summed E-state index contributed by atoms with van der Waals surface area (Å²) in [7, 11) is 0. The molecule has 1 aromatic rings. The fraction of sp³-hybridized carbons (Fsp3) is 0.467. The molecule has 0 N–H and O–H groups in total. The minimum atomic E-state index is -0.453. The number of halogens is 2. The Balaban J connectivity index is 2.89. The van der Waals surface area contributed by atoms with Crippen LogP contribution in [0.3, 0.4) is 0 Å². The SMILES string of the molecule is CCN(Cc1ccc(C#N)cc1F)C(=O)C(Br)C(C)C. The van der Waals surface area contributed by atoms with Gasteiger partial charge in [0, 0.05) is 18.7 Å². The van der Waals surface area contributed by atoms with E-state index in [1.54, 1.807) is 17.0 Å². The van der Waals surface area contributed by atoms with Gasteiger partial charge in [0.25, 0.3) is 0 Å². The average Bonchev–Trinajstić information content (AvgIpc) is 2.44. The third-order valence-electron chi connectivity index (χ3n) is 3.06. The predicted octanol–water partition coefficient (Wildman–Crippen LogP) is 3.47. The molecule has 1 amide bonds. The molecule has 0 fully saturated rings. The van der Waals surface area contributed by atoms with Gasteiger partial charge in [-0.2, -0.15) is 5.26 Å². The Morgan fingerprint density at radius 3 is 2.60 bits per heavy atom. The van der Waals surface area contributed by atoms with Crippen molar-refractivity contribution in [2.24, 2.45) is 5.92 Å². The highest BCUT2D eigenvalue weighted by Gasteiger charge is 2.24. The van der Waals surface area contributed by atoms with Gasteiger partial charge in [-0.25, -0.2) is 4.39 Å². The summed E-state index contributed by atoms with van der Waals surface area (Å²) >= 11 is 3.38. The lowest BCUT2D eigenvalue weighted by Crippen LogP contribution is -2.38. The summed E-state index contributed by atoms with van der Waals surface area (Å²) < 4.78 is 13.9. The second-order valence-electron chi connectivity index (χ2n) is 4.92. The summed E-state index contributed by atoms with van der Waals surface area (Å²) in [5, 5.41) is 8.72. The van der Waals surface area contributed by atoms with Crippen LogP contribution in [-0.4, -0.2) is 22.2 Å². The normalized spacial score (nSPS) is 12.1. The lowest BCUT2D eigenvalue weighted by molar-refractivity contribution is -0.131. The van der Waals surface area contributed by atoms with Crippen molar-refractivity contribution < 1.29 is 9.18 Å². The molecule has 3 nitrogen and oxygen atoms in total. The van der Waals surface area contributed by atoms with Crippen molar-refractivity contribution in [1.82, 2.24) is 4.90 Å². The molecule has 1 rings (SSSR count). The van der Waals surface area contributed by atoms with E-state index in [2.05, 4.69) is 15.9 Å². The van der Waals surface area contributed by atoms with Crippen molar-refractivity contribution in [3.63, 3.8) is 0 Å². The number of carbonyl (C=O) groups excluding carboxylic acids is 1. The van der Waals surface area contributed by atoms with Crippen LogP contribution in [0.2, 0.25) is 0 Å². The predicted molar refractivity (Wildman–Crippen MR) is 79.8 cm³/mol. The molecule has 1 aromatic carbocycles. The van der Waals surface area contributed by atoms with Crippen molar-refractivity contribution in [1.29, 1.82) is 5.26 Å². The first-order chi connectivity index (χ1) is 9.40. The Morgan fingerprint density at radius 2 is 2.15 bits per heavy atom. The molecule has 1 atom stereocenters. The molecule has 0 heterocycles. The first-order valence-corrected chi connectivity index (χ1v) is 7.43. The van der Waals surface area contributed by atoms with Gasteiger partial charge in [-0.05, 0) is 25.0 Å². The second kappa shape index (κ2) is 7.39. The van der Waals surface area contributed by atoms with E-state index >= 15 is 0 Å². The van der Waals surface area contributed by atoms with Gasteiger partial charge in [-0.3, -0.25) is 4.79 Å². The van der Waals surface area contributed by atoms with Gasteiger partial charge in [-0.1, -0.05) is 35.8 Å². The maximum absolute atomic E-state index is 13.9. The highest BCUT2D eigenvalue weighted by molar-refractivity contribution is 9.10. The average molecular weight is 341 g/mol. The van der Waals surface area contributed by atoms with E-state index in [9.17, 15) is 9.18 Å². The van der Waals surface area contributed by atoms with E-state index in [1.807, 2.05) is 26.8 Å². The van der Waals surface area contributed by atoms with Crippen LogP contribution in [0.25, 0.3) is 0 Å². The Morgan fingerprint density at radius 1 is 1.50 bits per heavy atom. The third kappa shape index (κ3) is 4.04. The van der Waals surface area contributed by atoms with Gasteiger partial charge < -0.3 is 4.90 Å². The van der Waals surface area contributed by atoms with Crippen LogP contribution >= 0.6 is 15.9 Å². The number of carbonyl (C=O) groups is 1. The number of nitrogens with zero attached hydrogens (tertiary/aromatic N) is 2. The molecule has 0 aliphatic rings. The quantitative estimate of drug-likeness (QED) is 0.770. The minimum absolute atomic E-state index is 0.0498. The molecule has 0 aromatic heterocycles. The molecule has 1 unspecified atom stereocenters. The first kappa shape index (κ1) is 16.6. The second-order valence-corrected chi connectivity index (χ2v) is 5.90. The summed E-state index contributed by atoms with van der Waals surface area (Å²) in [5.41, 5.74) is 0.698. The summed E-state index contributed by atoms with van der Waals surface area (Å²) in [6.07, 6.45) is 0. The molecule has 5 heteroatoms. The molecular formula is C15H18BrFN2O. The lowest BCUT2D eigenvalue weighted by Gasteiger charge is -2.25. The van der Waals surface area contributed by atoms with E-state index in [1.165, 1.54) is 6.07 Å². The van der Waals surface area contributed by atoms with Crippen LogP contribution in [0.5, 0.6) is 0 Å². The molecule has 0 aliphatic carbocycles. The zero-order valence-corrected chi connectivity index (χ0v) is 13.4. The zero-order valence-electron chi connectivity index (χ0n) is 11.9. The van der Waals surface area contributed by atoms with E-state index in [4.69, 9.17) is 5.26 Å². The number of benzene rings is 1. The fourth-order valence-corrected chi connectivity index (χ4v) is 2.05. The molecule has 0 aliphatic heterocycles. The topological polar surface area (TPSA) is 44.1 Å². The van der Waals surface area contributed by atoms with Crippen LogP contribution in [0.1, 0.15) is 31.9 Å². The Labute approximate surface area is 127 Å². The fourth-order valence-electron chi connectivity index (χ4n) is 1.76. The molecule has 0 bridgehead atoms. The first-order valence-electron chi connectivity index (χ1n) is 6.52. The van der Waals surface area contributed by atoms with Gasteiger partial charge >= 0.3 is 0 Å². The molecule has 0 saturated heterocycles. The molecule has 20 heavy (non-hydrogen) atoms. The third-order valence-corrected chi connectivity index (χ3v) is 4.51. The largest absolute Gasteiger partial charge is 0.338 e. The van der Waals surface area contributed by atoms with Crippen LogP contribution in [0.4, 0.5) is 4.39 Å². The van der Waals surface area contributed by atoms with E-state index in [-0.39, 0.29) is 28.8 Å². The number of hydrogen-bond acceptors (Lipinski definition) is 2. The van der Waals surface area contributed by atoms with E-state index in [0.717, 1.165) is 0 Å². The number of alkyl halides is 1. The van der Waals surface area contributed by atoms with Crippen LogP contribution in [0.15, 0.2) is 18.2 Å². The number of hydrogen-bond donors (Lipinski definition) is 0. The van der Waals surface area contributed by atoms with Crippen LogP contribution in [0, 0.1) is 23.1 Å². The Bertz CT molecular complexity index is 525. The monoisotopic (exact) mass is 340 g/mol. The molecular weight excluding hydrogens is 323 g/mol. The van der Waals surface area contributed by atoms with E-state index in [0.29, 0.717) is 12.1 Å². The maximum Gasteiger partial charge on any atom is 0.236 e. The highest BCUT2D eigenvalue weighted by atomic mass is 79.9. The molecule has 0 spiro atoms. The standard InChI is InChI=1S/C15H18BrFN2O/c1-4-19(15(20)14(16)10(2)3)9-12-6-5-11(8-18)7-13(12)17/h5-7,10,14H,4,9H2,1-3H3. The van der Waals surface area contributed by atoms with Crippen molar-refractivity contribution >= 4 is 21.8 Å². The molecule has 108 valence electrons. The van der Waals surface area contributed by atoms with Crippen LogP contribution in [-0.2, 0) is 11.3 Å². The zero-order chi connectivity index (χ0) is 15.3. The summed E-state index contributed by atoms with van der Waals surface area (Å²) in [6.45, 7) is 6.48. The molecule has 0 saturated carbocycles. The number of rotatable bonds is 5. The van der Waals surface area contributed by atoms with Crippen molar-refractivity contribution in [2.45, 2.75) is 32.1 Å². The lowest BCUT2D eigenvalue weighted by atomic mass is 10.1. The number of amides is 1. The van der Waals surface area contributed by atoms with Crippen molar-refractivity contribution in [2.75, 3.05) is 6.54 Å². The van der Waals surface area contributed by atoms with Crippen molar-refractivity contribution in [3.05, 3.63) is 35.1 Å². The minimum Gasteiger partial charge on any atom is -0.338 e. The van der Waals surface area contributed by atoms with Gasteiger partial charge in [0.15, 0.2) is 0 Å². The van der Waals surface area contributed by atoms with Crippen LogP contribution < -0.4 is 0 Å². The Hall–Kier alpha value is -1.41. The maximum atomic E-state index is 13.9. The Kier molecular flexibility index (Phi) is 6.15. The summed E-state index contributed by atoms with van der Waals surface area (Å²) in [4.78, 5) is 13.6. The van der Waals surface area contributed by atoms with E-state index < -0.39 is 5.82 Å². The summed E-state index contributed by atoms with van der Waals surface area (Å²) in [6, 6.07) is 6.20. The van der Waals surface area contributed by atoms with Gasteiger partial charge in [-0.15, -0.1) is 0 Å². The highest BCUT2D eigenvalue weighted by Crippen LogP contribution is 2.18. The smallest absolute Gasteiger partial charge is 0.236 e. The van der Waals surface area contributed by atoms with Crippen molar-refractivity contribution in [3.8, 4) is 6.07 Å². The van der Waals surface area contributed by atoms with Gasteiger partial charge in [0.1, 0.15) is 5.82 Å². The summed E-state index contributed by atoms with van der Waals surface area (Å²) in [5.74, 6) is -0.334. The number of nitriles is 1.